The maximum absolute atomic E-state index is 13.7. The van der Waals surface area contributed by atoms with Gasteiger partial charge in [-0.2, -0.15) is 13.2 Å². The van der Waals surface area contributed by atoms with E-state index in [1.807, 2.05) is 18.2 Å². The van der Waals surface area contributed by atoms with Gasteiger partial charge in [0.15, 0.2) is 0 Å². The highest BCUT2D eigenvalue weighted by Crippen LogP contribution is 2.31. The normalized spacial score (nSPS) is 13.2. The molecule has 0 aliphatic carbocycles. The number of methoxy groups -OCH3 is 1. The van der Waals surface area contributed by atoms with Gasteiger partial charge in [0.25, 0.3) is 5.91 Å². The van der Waals surface area contributed by atoms with Crippen molar-refractivity contribution >= 4 is 57.3 Å². The van der Waals surface area contributed by atoms with Gasteiger partial charge in [0.05, 0.1) is 19.1 Å². The Labute approximate surface area is 275 Å². The van der Waals surface area contributed by atoms with E-state index in [1.165, 1.54) is 6.07 Å². The molecular weight excluding hydrogens is 653 g/mol. The molecule has 3 atom stereocenters. The largest absolute Gasteiger partial charge is 0.481 e. The maximum Gasteiger partial charge on any atom is 0.416 e. The lowest BCUT2D eigenvalue weighted by molar-refractivity contribution is -0.146. The van der Waals surface area contributed by atoms with Crippen molar-refractivity contribution in [2.45, 2.75) is 50.0 Å². The van der Waals surface area contributed by atoms with Crippen LogP contribution in [-0.4, -0.2) is 76.1 Å². The minimum absolute atomic E-state index is 0.0803. The van der Waals surface area contributed by atoms with Gasteiger partial charge >= 0.3 is 24.1 Å². The third kappa shape index (κ3) is 9.56. The standard InChI is InChI=1S/C33H31F3N4O9/c1-49-32(48)23(10-11-27(41)42)38-31(47)26(16-28(43)44)40-29(45)24(13-17-6-7-18-4-2-3-5-19(18)12-17)39-30(46)25-15-20-14-21(33(34,35)36)8-9-22(20)37-25/h2-9,12,14-15,23-24,26,37H,10-11,13,16H2,1H3,(H,38,47)(H,39,46)(H,40,45)(H,41,42)(H,43,44)/t23-,24-,26-/m0/s1. The van der Waals surface area contributed by atoms with Gasteiger partial charge in [-0.25, -0.2) is 4.79 Å². The molecule has 0 bridgehead atoms. The Morgan fingerprint density at radius 1 is 0.776 bits per heavy atom. The number of carbonyl (C=O) groups is 6. The van der Waals surface area contributed by atoms with Gasteiger partial charge < -0.3 is 35.9 Å². The molecule has 4 aromatic rings. The molecule has 1 heterocycles. The zero-order chi connectivity index (χ0) is 35.9. The Bertz CT molecular complexity index is 1910. The lowest BCUT2D eigenvalue weighted by Crippen LogP contribution is -2.56. The number of nitrogens with one attached hydrogen (secondary N) is 4. The zero-order valence-corrected chi connectivity index (χ0v) is 25.8. The van der Waals surface area contributed by atoms with E-state index < -0.39 is 84.8 Å². The summed E-state index contributed by atoms with van der Waals surface area (Å²) in [5.41, 5.74) is -0.330. The molecule has 0 radical (unpaired) electrons. The van der Waals surface area contributed by atoms with Crippen LogP contribution in [0.4, 0.5) is 13.2 Å². The highest BCUT2D eigenvalue weighted by atomic mass is 19.4. The van der Waals surface area contributed by atoms with Gasteiger partial charge in [-0.05, 0) is 47.0 Å². The van der Waals surface area contributed by atoms with Crippen molar-refractivity contribution in [2.75, 3.05) is 7.11 Å². The van der Waals surface area contributed by atoms with Gasteiger partial charge in [0.2, 0.25) is 11.8 Å². The summed E-state index contributed by atoms with van der Waals surface area (Å²) in [7, 11) is 1.00. The average Bonchev–Trinajstić information content (AvgIpc) is 3.49. The van der Waals surface area contributed by atoms with Crippen LogP contribution >= 0.6 is 0 Å². The summed E-state index contributed by atoms with van der Waals surface area (Å²) in [4.78, 5) is 77.8. The number of aliphatic carboxylic acids is 2. The van der Waals surface area contributed by atoms with Crippen LogP contribution in [-0.2, 0) is 41.3 Å². The highest BCUT2D eigenvalue weighted by Gasteiger charge is 2.33. The van der Waals surface area contributed by atoms with Crippen molar-refractivity contribution in [1.29, 1.82) is 0 Å². The molecule has 1 aromatic heterocycles. The first kappa shape index (κ1) is 35.9. The summed E-state index contributed by atoms with van der Waals surface area (Å²) in [6.45, 7) is 0. The molecule has 3 amide bonds. The van der Waals surface area contributed by atoms with E-state index in [-0.39, 0.29) is 23.0 Å². The SMILES string of the molecule is COC(=O)[C@H](CCC(=O)O)NC(=O)[C@H](CC(=O)O)NC(=O)[C@H](Cc1ccc2ccccc2c1)NC(=O)c1cc2cc(C(F)(F)F)ccc2[nH]1. The number of fused-ring (bicyclic) bond motifs is 2. The molecule has 0 aliphatic heterocycles. The number of rotatable bonds is 14. The molecule has 0 fully saturated rings. The summed E-state index contributed by atoms with van der Waals surface area (Å²) >= 11 is 0. The second-order valence-corrected chi connectivity index (χ2v) is 11.1. The van der Waals surface area contributed by atoms with Crippen molar-refractivity contribution < 1.29 is 56.9 Å². The smallest absolute Gasteiger partial charge is 0.416 e. The fourth-order valence-corrected chi connectivity index (χ4v) is 5.07. The molecule has 0 saturated heterocycles. The van der Waals surface area contributed by atoms with Crippen LogP contribution < -0.4 is 16.0 Å². The number of esters is 1. The number of hydrogen-bond donors (Lipinski definition) is 6. The lowest BCUT2D eigenvalue weighted by Gasteiger charge is -2.24. The Morgan fingerprint density at radius 2 is 1.45 bits per heavy atom. The number of carboxylic acids is 2. The Morgan fingerprint density at radius 3 is 2.10 bits per heavy atom. The number of H-pyrrole nitrogens is 1. The number of carboxylic acid groups (broad SMARTS) is 2. The quantitative estimate of drug-likeness (QED) is 0.108. The third-order valence-electron chi connectivity index (χ3n) is 7.53. The summed E-state index contributed by atoms with van der Waals surface area (Å²) < 4.78 is 44.3. The summed E-state index contributed by atoms with van der Waals surface area (Å²) in [5.74, 6) is -6.81. The van der Waals surface area contributed by atoms with Crippen molar-refractivity contribution in [2.24, 2.45) is 0 Å². The van der Waals surface area contributed by atoms with E-state index in [0.29, 0.717) is 5.56 Å². The van der Waals surface area contributed by atoms with Crippen LogP contribution in [0.1, 0.15) is 40.9 Å². The number of carbonyl (C=O) groups excluding carboxylic acids is 4. The molecular formula is C33H31F3N4O9. The van der Waals surface area contributed by atoms with Gasteiger partial charge in [0, 0.05) is 23.7 Å². The third-order valence-corrected chi connectivity index (χ3v) is 7.53. The molecule has 6 N–H and O–H groups in total. The monoisotopic (exact) mass is 684 g/mol. The summed E-state index contributed by atoms with van der Waals surface area (Å²) in [5, 5.41) is 27.3. The van der Waals surface area contributed by atoms with Gasteiger partial charge in [-0.15, -0.1) is 0 Å². The first-order valence-corrected chi connectivity index (χ1v) is 14.7. The molecule has 0 unspecified atom stereocenters. The van der Waals surface area contributed by atoms with Crippen LogP contribution in [0, 0.1) is 0 Å². The molecule has 0 aliphatic rings. The maximum atomic E-state index is 13.7. The van der Waals surface area contributed by atoms with E-state index in [9.17, 15) is 47.0 Å². The van der Waals surface area contributed by atoms with Crippen LogP contribution in [0.25, 0.3) is 21.7 Å². The zero-order valence-electron chi connectivity index (χ0n) is 25.8. The summed E-state index contributed by atoms with van der Waals surface area (Å²) in [6.07, 6.45) is -6.67. The first-order valence-electron chi connectivity index (χ1n) is 14.7. The van der Waals surface area contributed by atoms with E-state index in [4.69, 9.17) is 5.11 Å². The second-order valence-electron chi connectivity index (χ2n) is 11.1. The minimum Gasteiger partial charge on any atom is -0.481 e. The van der Waals surface area contributed by atoms with Gasteiger partial charge in [-0.3, -0.25) is 24.0 Å². The average molecular weight is 685 g/mol. The molecule has 0 spiro atoms. The number of halogens is 3. The van der Waals surface area contributed by atoms with Crippen LogP contribution in [0.5, 0.6) is 0 Å². The van der Waals surface area contributed by atoms with Crippen molar-refractivity contribution in [3.8, 4) is 0 Å². The van der Waals surface area contributed by atoms with Crippen LogP contribution in [0.3, 0.4) is 0 Å². The minimum atomic E-state index is -4.62. The molecule has 13 nitrogen and oxygen atoms in total. The van der Waals surface area contributed by atoms with E-state index >= 15 is 0 Å². The molecule has 0 saturated carbocycles. The fraction of sp³-hybridized carbons (Fsp3) is 0.273. The Kier molecular flexibility index (Phi) is 11.2. The number of alkyl halides is 3. The van der Waals surface area contributed by atoms with E-state index in [2.05, 4.69) is 25.7 Å². The predicted molar refractivity (Wildman–Crippen MR) is 167 cm³/mol. The molecule has 4 rings (SSSR count). The van der Waals surface area contributed by atoms with E-state index in [1.54, 1.807) is 24.3 Å². The van der Waals surface area contributed by atoms with E-state index in [0.717, 1.165) is 36.1 Å². The van der Waals surface area contributed by atoms with Gasteiger partial charge in [0.1, 0.15) is 23.8 Å². The highest BCUT2D eigenvalue weighted by molar-refractivity contribution is 6.01. The summed E-state index contributed by atoms with van der Waals surface area (Å²) in [6, 6.07) is 11.9. The molecule has 258 valence electrons. The number of hydrogen-bond acceptors (Lipinski definition) is 7. The number of amides is 3. The molecule has 49 heavy (non-hydrogen) atoms. The van der Waals surface area contributed by atoms with Crippen molar-refractivity contribution in [3.05, 3.63) is 83.6 Å². The molecule has 16 heteroatoms. The number of ether oxygens (including phenoxy) is 1. The molecule has 3 aromatic carbocycles. The fourth-order valence-electron chi connectivity index (χ4n) is 5.07. The first-order chi connectivity index (χ1) is 23.1. The van der Waals surface area contributed by atoms with Crippen LogP contribution in [0.15, 0.2) is 66.7 Å². The van der Waals surface area contributed by atoms with Crippen molar-refractivity contribution in [1.82, 2.24) is 20.9 Å². The van der Waals surface area contributed by atoms with Crippen LogP contribution in [0.2, 0.25) is 0 Å². The topological polar surface area (TPSA) is 204 Å². The van der Waals surface area contributed by atoms with Crippen molar-refractivity contribution in [3.63, 3.8) is 0 Å². The van der Waals surface area contributed by atoms with Gasteiger partial charge in [-0.1, -0.05) is 42.5 Å². The number of aromatic amines is 1. The number of benzene rings is 3. The Hall–Kier alpha value is -5.93. The Balaban J connectivity index is 1.62. The number of aromatic nitrogens is 1. The predicted octanol–water partition coefficient (Wildman–Crippen LogP) is 3.16. The second kappa shape index (κ2) is 15.3. The lowest BCUT2D eigenvalue weighted by atomic mass is 10.0.